The van der Waals surface area contributed by atoms with Crippen LogP contribution in [0.5, 0.6) is 0 Å². The zero-order valence-corrected chi connectivity index (χ0v) is 12.4. The van der Waals surface area contributed by atoms with E-state index in [9.17, 15) is 9.59 Å². The minimum absolute atomic E-state index is 0.0708. The zero-order chi connectivity index (χ0) is 15.2. The third-order valence-corrected chi connectivity index (χ3v) is 3.30. The van der Waals surface area contributed by atoms with Crippen molar-refractivity contribution in [3.63, 3.8) is 0 Å². The molecule has 0 atom stereocenters. The fourth-order valence-corrected chi connectivity index (χ4v) is 2.19. The van der Waals surface area contributed by atoms with E-state index in [1.165, 1.54) is 0 Å². The Morgan fingerprint density at radius 3 is 2.90 bits per heavy atom. The van der Waals surface area contributed by atoms with Crippen molar-refractivity contribution >= 4 is 17.0 Å². The second-order valence-corrected chi connectivity index (χ2v) is 4.86. The van der Waals surface area contributed by atoms with Crippen LogP contribution in [0.3, 0.4) is 0 Å². The van der Waals surface area contributed by atoms with Crippen LogP contribution < -0.4 is 5.56 Å². The number of nitrogens with zero attached hydrogens (tertiary/aromatic N) is 4. The summed E-state index contributed by atoms with van der Waals surface area (Å²) in [5.74, 6) is -0.159. The first-order chi connectivity index (χ1) is 10.1. The van der Waals surface area contributed by atoms with E-state index >= 15 is 0 Å². The van der Waals surface area contributed by atoms with Gasteiger partial charge in [0.15, 0.2) is 5.65 Å². The SMILES string of the molecule is CCOC(=O)CCCCCn1cnc2c(cnn2C)c1=O. The summed E-state index contributed by atoms with van der Waals surface area (Å²) >= 11 is 0. The lowest BCUT2D eigenvalue weighted by Gasteiger charge is -2.05. The molecule has 0 aromatic carbocycles. The third-order valence-electron chi connectivity index (χ3n) is 3.30. The molecule has 0 amide bonds. The summed E-state index contributed by atoms with van der Waals surface area (Å²) in [6.07, 6.45) is 6.00. The molecular weight excluding hydrogens is 272 g/mol. The van der Waals surface area contributed by atoms with Gasteiger partial charge in [0.2, 0.25) is 0 Å². The Hall–Kier alpha value is -2.18. The van der Waals surface area contributed by atoms with E-state index in [0.29, 0.717) is 30.6 Å². The molecule has 0 fully saturated rings. The van der Waals surface area contributed by atoms with Crippen LogP contribution in [0.2, 0.25) is 0 Å². The van der Waals surface area contributed by atoms with Crippen LogP contribution in [-0.2, 0) is 23.1 Å². The number of hydrogen-bond donors (Lipinski definition) is 0. The molecule has 0 aliphatic carbocycles. The zero-order valence-electron chi connectivity index (χ0n) is 12.4. The Morgan fingerprint density at radius 1 is 1.33 bits per heavy atom. The van der Waals surface area contributed by atoms with Gasteiger partial charge in [-0.1, -0.05) is 6.42 Å². The Balaban J connectivity index is 1.85. The van der Waals surface area contributed by atoms with Gasteiger partial charge in [0.1, 0.15) is 5.39 Å². The summed E-state index contributed by atoms with van der Waals surface area (Å²) in [5.41, 5.74) is 0.525. The molecular formula is C14H20N4O3. The molecule has 0 saturated heterocycles. The van der Waals surface area contributed by atoms with Gasteiger partial charge in [-0.2, -0.15) is 5.10 Å². The quantitative estimate of drug-likeness (QED) is 0.567. The van der Waals surface area contributed by atoms with E-state index in [1.807, 2.05) is 0 Å². The van der Waals surface area contributed by atoms with E-state index < -0.39 is 0 Å². The van der Waals surface area contributed by atoms with E-state index in [0.717, 1.165) is 19.3 Å². The Morgan fingerprint density at radius 2 is 2.14 bits per heavy atom. The van der Waals surface area contributed by atoms with Crippen molar-refractivity contribution in [2.75, 3.05) is 6.61 Å². The molecule has 0 bridgehead atoms. The number of carbonyl (C=O) groups excluding carboxylic acids is 1. The van der Waals surface area contributed by atoms with Crippen LogP contribution in [0.4, 0.5) is 0 Å². The van der Waals surface area contributed by atoms with Crippen molar-refractivity contribution in [2.24, 2.45) is 7.05 Å². The fourth-order valence-electron chi connectivity index (χ4n) is 2.19. The maximum absolute atomic E-state index is 12.2. The Bertz CT molecular complexity index is 674. The molecule has 2 rings (SSSR count). The van der Waals surface area contributed by atoms with Gasteiger partial charge in [-0.25, -0.2) is 4.98 Å². The van der Waals surface area contributed by atoms with Crippen LogP contribution in [0.15, 0.2) is 17.3 Å². The molecule has 0 aliphatic rings. The van der Waals surface area contributed by atoms with Crippen LogP contribution in [0.25, 0.3) is 11.0 Å². The normalized spacial score (nSPS) is 11.0. The average molecular weight is 292 g/mol. The first-order valence-corrected chi connectivity index (χ1v) is 7.16. The maximum Gasteiger partial charge on any atom is 0.305 e. The summed E-state index contributed by atoms with van der Waals surface area (Å²) in [4.78, 5) is 27.6. The van der Waals surface area contributed by atoms with Crippen molar-refractivity contribution in [3.05, 3.63) is 22.9 Å². The predicted octanol–water partition coefficient (Wildman–Crippen LogP) is 1.25. The summed E-state index contributed by atoms with van der Waals surface area (Å²) < 4.78 is 8.04. The van der Waals surface area contributed by atoms with Crippen LogP contribution in [-0.4, -0.2) is 31.9 Å². The topological polar surface area (TPSA) is 79.0 Å². The first-order valence-electron chi connectivity index (χ1n) is 7.16. The molecule has 0 unspecified atom stereocenters. The standard InChI is InChI=1S/C14H20N4O3/c1-3-21-12(19)7-5-4-6-8-18-10-15-13-11(14(18)20)9-16-17(13)2/h9-10H,3-8H2,1-2H3. The van der Waals surface area contributed by atoms with E-state index in [1.54, 1.807) is 35.7 Å². The van der Waals surface area contributed by atoms with Gasteiger partial charge in [0.05, 0.1) is 19.1 Å². The van der Waals surface area contributed by atoms with Gasteiger partial charge in [-0.05, 0) is 19.8 Å². The van der Waals surface area contributed by atoms with Crippen LogP contribution in [0.1, 0.15) is 32.6 Å². The summed E-state index contributed by atoms with van der Waals surface area (Å²) in [6.45, 7) is 2.82. The molecule has 0 aliphatic heterocycles. The van der Waals surface area contributed by atoms with Crippen LogP contribution in [0, 0.1) is 0 Å². The molecule has 0 N–H and O–H groups in total. The molecule has 2 aromatic rings. The number of rotatable bonds is 7. The van der Waals surface area contributed by atoms with Crippen LogP contribution >= 0.6 is 0 Å². The van der Waals surface area contributed by atoms with Gasteiger partial charge in [-0.3, -0.25) is 18.8 Å². The number of esters is 1. The Labute approximate surface area is 122 Å². The molecule has 21 heavy (non-hydrogen) atoms. The lowest BCUT2D eigenvalue weighted by molar-refractivity contribution is -0.143. The number of aromatic nitrogens is 4. The van der Waals surface area contributed by atoms with E-state index in [2.05, 4.69) is 10.1 Å². The van der Waals surface area contributed by atoms with Crippen molar-refractivity contribution in [1.82, 2.24) is 19.3 Å². The number of ether oxygens (including phenoxy) is 1. The molecule has 2 aromatic heterocycles. The smallest absolute Gasteiger partial charge is 0.305 e. The third kappa shape index (κ3) is 3.68. The number of fused-ring (bicyclic) bond motifs is 1. The highest BCUT2D eigenvalue weighted by Crippen LogP contribution is 2.05. The number of unbranched alkanes of at least 4 members (excludes halogenated alkanes) is 2. The molecule has 114 valence electrons. The highest BCUT2D eigenvalue weighted by Gasteiger charge is 2.07. The molecule has 0 saturated carbocycles. The average Bonchev–Trinajstić information content (AvgIpc) is 2.83. The highest BCUT2D eigenvalue weighted by molar-refractivity contribution is 5.72. The second kappa shape index (κ2) is 7.01. The number of aryl methyl sites for hydroxylation is 2. The van der Waals surface area contributed by atoms with E-state index in [-0.39, 0.29) is 11.5 Å². The van der Waals surface area contributed by atoms with Gasteiger partial charge in [-0.15, -0.1) is 0 Å². The summed E-state index contributed by atoms with van der Waals surface area (Å²) in [7, 11) is 1.76. The lowest BCUT2D eigenvalue weighted by Crippen LogP contribution is -2.20. The van der Waals surface area contributed by atoms with Crippen molar-refractivity contribution in [3.8, 4) is 0 Å². The number of hydrogen-bond acceptors (Lipinski definition) is 5. The largest absolute Gasteiger partial charge is 0.466 e. The maximum atomic E-state index is 12.2. The minimum Gasteiger partial charge on any atom is -0.466 e. The summed E-state index contributed by atoms with van der Waals surface area (Å²) in [6, 6.07) is 0. The first kappa shape index (κ1) is 15.2. The summed E-state index contributed by atoms with van der Waals surface area (Å²) in [5, 5.41) is 4.57. The molecule has 2 heterocycles. The minimum atomic E-state index is -0.159. The lowest BCUT2D eigenvalue weighted by atomic mass is 10.2. The molecule has 7 nitrogen and oxygen atoms in total. The molecule has 0 radical (unpaired) electrons. The van der Waals surface area contributed by atoms with Crippen molar-refractivity contribution < 1.29 is 9.53 Å². The van der Waals surface area contributed by atoms with Crippen molar-refractivity contribution in [1.29, 1.82) is 0 Å². The van der Waals surface area contributed by atoms with Gasteiger partial charge in [0, 0.05) is 20.0 Å². The predicted molar refractivity (Wildman–Crippen MR) is 77.9 cm³/mol. The molecule has 7 heteroatoms. The van der Waals surface area contributed by atoms with Gasteiger partial charge >= 0.3 is 5.97 Å². The molecule has 0 spiro atoms. The second-order valence-electron chi connectivity index (χ2n) is 4.86. The van der Waals surface area contributed by atoms with Crippen molar-refractivity contribution in [2.45, 2.75) is 39.2 Å². The fraction of sp³-hybridized carbons (Fsp3) is 0.571. The highest BCUT2D eigenvalue weighted by atomic mass is 16.5. The van der Waals surface area contributed by atoms with Gasteiger partial charge < -0.3 is 4.74 Å². The Kier molecular flexibility index (Phi) is 5.08. The number of carbonyl (C=O) groups is 1. The monoisotopic (exact) mass is 292 g/mol. The van der Waals surface area contributed by atoms with Gasteiger partial charge in [0.25, 0.3) is 5.56 Å². The van der Waals surface area contributed by atoms with E-state index in [4.69, 9.17) is 4.74 Å².